The lowest BCUT2D eigenvalue weighted by molar-refractivity contribution is -0.115. The monoisotopic (exact) mass is 281 g/mol. The fourth-order valence-corrected chi connectivity index (χ4v) is 2.46. The Morgan fingerprint density at radius 1 is 1.53 bits per heavy atom. The standard InChI is InChI=1S/C14H20ClN3O/c1-10-3-4-12(11(15)7-10)18-13(19)8-17-14(2)5-6-16-9-14/h3-4,7,16-17H,5-6,8-9H2,1-2H3,(H,18,19). The van der Waals surface area contributed by atoms with Crippen molar-refractivity contribution >= 4 is 23.2 Å². The molecule has 0 saturated carbocycles. The third-order valence-corrected chi connectivity index (χ3v) is 3.76. The van der Waals surface area contributed by atoms with Crippen molar-refractivity contribution in [1.29, 1.82) is 0 Å². The van der Waals surface area contributed by atoms with Gasteiger partial charge in [0.25, 0.3) is 0 Å². The van der Waals surface area contributed by atoms with Crippen LogP contribution in [0.15, 0.2) is 18.2 Å². The van der Waals surface area contributed by atoms with Crippen molar-refractivity contribution in [3.8, 4) is 0 Å². The van der Waals surface area contributed by atoms with Gasteiger partial charge in [0.05, 0.1) is 17.3 Å². The third kappa shape index (κ3) is 3.93. The van der Waals surface area contributed by atoms with Crippen molar-refractivity contribution in [2.75, 3.05) is 25.0 Å². The van der Waals surface area contributed by atoms with E-state index in [1.54, 1.807) is 0 Å². The summed E-state index contributed by atoms with van der Waals surface area (Å²) in [4.78, 5) is 11.9. The van der Waals surface area contributed by atoms with Crippen LogP contribution in [0.4, 0.5) is 5.69 Å². The van der Waals surface area contributed by atoms with Crippen LogP contribution in [0.2, 0.25) is 5.02 Å². The maximum atomic E-state index is 11.9. The summed E-state index contributed by atoms with van der Waals surface area (Å²) in [5.41, 5.74) is 1.74. The lowest BCUT2D eigenvalue weighted by Gasteiger charge is -2.24. The molecule has 3 N–H and O–H groups in total. The molecular formula is C14H20ClN3O. The molecule has 5 heteroatoms. The Kier molecular flexibility index (Phi) is 4.45. The predicted octanol–water partition coefficient (Wildman–Crippen LogP) is 1.93. The zero-order valence-corrected chi connectivity index (χ0v) is 12.1. The van der Waals surface area contributed by atoms with Gasteiger partial charge in [0.1, 0.15) is 0 Å². The first-order chi connectivity index (χ1) is 8.98. The summed E-state index contributed by atoms with van der Waals surface area (Å²) in [7, 11) is 0. The summed E-state index contributed by atoms with van der Waals surface area (Å²) in [5, 5.41) is 9.97. The SMILES string of the molecule is Cc1ccc(NC(=O)CNC2(C)CCNC2)c(Cl)c1. The summed E-state index contributed by atoms with van der Waals surface area (Å²) in [6.45, 7) is 6.27. The molecule has 0 aliphatic carbocycles. The van der Waals surface area contributed by atoms with Gasteiger partial charge in [-0.15, -0.1) is 0 Å². The number of hydrogen-bond donors (Lipinski definition) is 3. The number of amides is 1. The number of hydrogen-bond acceptors (Lipinski definition) is 3. The lowest BCUT2D eigenvalue weighted by atomic mass is 10.0. The van der Waals surface area contributed by atoms with Crippen molar-refractivity contribution in [2.45, 2.75) is 25.8 Å². The predicted molar refractivity (Wildman–Crippen MR) is 78.7 cm³/mol. The molecule has 1 amide bonds. The molecule has 1 unspecified atom stereocenters. The first-order valence-electron chi connectivity index (χ1n) is 6.50. The maximum Gasteiger partial charge on any atom is 0.238 e. The fraction of sp³-hybridized carbons (Fsp3) is 0.500. The van der Waals surface area contributed by atoms with Gasteiger partial charge in [-0.1, -0.05) is 17.7 Å². The minimum Gasteiger partial charge on any atom is -0.324 e. The van der Waals surface area contributed by atoms with Gasteiger partial charge in [0.2, 0.25) is 5.91 Å². The van der Waals surface area contributed by atoms with Crippen molar-refractivity contribution in [2.24, 2.45) is 0 Å². The Labute approximate surface area is 118 Å². The van der Waals surface area contributed by atoms with Crippen molar-refractivity contribution in [1.82, 2.24) is 10.6 Å². The number of anilines is 1. The third-order valence-electron chi connectivity index (χ3n) is 3.44. The molecule has 1 aromatic carbocycles. The molecular weight excluding hydrogens is 262 g/mol. The van der Waals surface area contributed by atoms with Gasteiger partial charge in [0.15, 0.2) is 0 Å². The number of carbonyl (C=O) groups excluding carboxylic acids is 1. The molecule has 19 heavy (non-hydrogen) atoms. The van der Waals surface area contributed by atoms with Gasteiger partial charge >= 0.3 is 0 Å². The Hall–Kier alpha value is -1.10. The molecule has 2 rings (SSSR count). The summed E-state index contributed by atoms with van der Waals surface area (Å²) >= 11 is 6.08. The topological polar surface area (TPSA) is 53.2 Å². The zero-order chi connectivity index (χ0) is 13.9. The molecule has 0 radical (unpaired) electrons. The normalized spacial score (nSPS) is 22.5. The van der Waals surface area contributed by atoms with Crippen LogP contribution in [-0.4, -0.2) is 31.1 Å². The zero-order valence-electron chi connectivity index (χ0n) is 11.3. The van der Waals surface area contributed by atoms with E-state index in [-0.39, 0.29) is 11.4 Å². The highest BCUT2D eigenvalue weighted by Gasteiger charge is 2.28. The molecule has 1 aromatic rings. The Balaban J connectivity index is 1.87. The number of rotatable bonds is 4. The van der Waals surface area contributed by atoms with Crippen molar-refractivity contribution < 1.29 is 4.79 Å². The Morgan fingerprint density at radius 3 is 2.95 bits per heavy atom. The number of halogens is 1. The van der Waals surface area contributed by atoms with E-state index in [0.29, 0.717) is 17.3 Å². The average molecular weight is 282 g/mol. The summed E-state index contributed by atoms with van der Waals surface area (Å²) < 4.78 is 0. The van der Waals surface area contributed by atoms with E-state index in [2.05, 4.69) is 22.9 Å². The molecule has 104 valence electrons. The van der Waals surface area contributed by atoms with Crippen LogP contribution in [0, 0.1) is 6.92 Å². The lowest BCUT2D eigenvalue weighted by Crippen LogP contribution is -2.47. The molecule has 4 nitrogen and oxygen atoms in total. The van der Waals surface area contributed by atoms with Gasteiger partial charge in [-0.25, -0.2) is 0 Å². The second kappa shape index (κ2) is 5.90. The second-order valence-electron chi connectivity index (χ2n) is 5.37. The van der Waals surface area contributed by atoms with Crippen molar-refractivity contribution in [3.63, 3.8) is 0 Å². The van der Waals surface area contributed by atoms with Gasteiger partial charge in [0, 0.05) is 12.1 Å². The second-order valence-corrected chi connectivity index (χ2v) is 5.78. The van der Waals surface area contributed by atoms with Gasteiger partial charge in [-0.2, -0.15) is 0 Å². The van der Waals surface area contributed by atoms with Crippen LogP contribution in [0.3, 0.4) is 0 Å². The molecule has 1 heterocycles. The summed E-state index contributed by atoms with van der Waals surface area (Å²) in [6.07, 6.45) is 1.03. The van der Waals surface area contributed by atoms with Crippen LogP contribution in [-0.2, 0) is 4.79 Å². The van der Waals surface area contributed by atoms with Gasteiger partial charge in [-0.05, 0) is 44.5 Å². The van der Waals surface area contributed by atoms with E-state index in [4.69, 9.17) is 11.6 Å². The van der Waals surface area contributed by atoms with Crippen LogP contribution >= 0.6 is 11.6 Å². The first kappa shape index (κ1) is 14.3. The molecule has 0 spiro atoms. The van der Waals surface area contributed by atoms with E-state index in [1.165, 1.54) is 0 Å². The maximum absolute atomic E-state index is 11.9. The fourth-order valence-electron chi connectivity index (χ4n) is 2.18. The molecule has 1 atom stereocenters. The van der Waals surface area contributed by atoms with Crippen LogP contribution < -0.4 is 16.0 Å². The summed E-state index contributed by atoms with van der Waals surface area (Å²) in [5.74, 6) is -0.0705. The number of carbonyl (C=O) groups is 1. The highest BCUT2D eigenvalue weighted by atomic mass is 35.5. The molecule has 1 saturated heterocycles. The highest BCUT2D eigenvalue weighted by Crippen LogP contribution is 2.22. The van der Waals surface area contributed by atoms with Crippen LogP contribution in [0.25, 0.3) is 0 Å². The van der Waals surface area contributed by atoms with E-state index in [9.17, 15) is 4.79 Å². The molecule has 1 fully saturated rings. The van der Waals surface area contributed by atoms with Crippen molar-refractivity contribution in [3.05, 3.63) is 28.8 Å². The average Bonchev–Trinajstić information content (AvgIpc) is 2.78. The quantitative estimate of drug-likeness (QED) is 0.790. The van der Waals surface area contributed by atoms with E-state index in [1.807, 2.05) is 25.1 Å². The Bertz CT molecular complexity index is 470. The smallest absolute Gasteiger partial charge is 0.238 e. The minimum atomic E-state index is -0.0705. The minimum absolute atomic E-state index is 0.00834. The molecule has 0 aromatic heterocycles. The largest absolute Gasteiger partial charge is 0.324 e. The van der Waals surface area contributed by atoms with Crippen LogP contribution in [0.1, 0.15) is 18.9 Å². The molecule has 1 aliphatic heterocycles. The molecule has 0 bridgehead atoms. The number of benzene rings is 1. The first-order valence-corrected chi connectivity index (χ1v) is 6.88. The Morgan fingerprint density at radius 2 is 2.32 bits per heavy atom. The van der Waals surface area contributed by atoms with E-state index >= 15 is 0 Å². The number of aryl methyl sites for hydroxylation is 1. The van der Waals surface area contributed by atoms with Gasteiger partial charge in [-0.3, -0.25) is 4.79 Å². The highest BCUT2D eigenvalue weighted by molar-refractivity contribution is 6.33. The molecule has 1 aliphatic rings. The van der Waals surface area contributed by atoms with Gasteiger partial charge < -0.3 is 16.0 Å². The summed E-state index contributed by atoms with van der Waals surface area (Å²) in [6, 6.07) is 5.60. The van der Waals surface area contributed by atoms with Crippen LogP contribution in [0.5, 0.6) is 0 Å². The van der Waals surface area contributed by atoms with E-state index in [0.717, 1.165) is 25.1 Å². The van der Waals surface area contributed by atoms with E-state index < -0.39 is 0 Å². The number of nitrogens with one attached hydrogen (secondary N) is 3.